The van der Waals surface area contributed by atoms with Gasteiger partial charge in [0.15, 0.2) is 5.78 Å². The van der Waals surface area contributed by atoms with Gasteiger partial charge in [0, 0.05) is 10.9 Å². The lowest BCUT2D eigenvalue weighted by molar-refractivity contribution is 0.0919. The molecule has 0 fully saturated rings. The number of likely N-dealkylation sites (N-methyl/N-ethyl adjacent to an activating group) is 1. The van der Waals surface area contributed by atoms with Crippen LogP contribution in [0.3, 0.4) is 0 Å². The highest BCUT2D eigenvalue weighted by Gasteiger charge is 2.16. The molecule has 0 aromatic carbocycles. The lowest BCUT2D eigenvalue weighted by Crippen LogP contribution is -2.34. The molecule has 2 nitrogen and oxygen atoms in total. The fourth-order valence-corrected chi connectivity index (χ4v) is 2.94. The Bertz CT molecular complexity index is 355. The van der Waals surface area contributed by atoms with E-state index in [1.165, 1.54) is 4.88 Å². The quantitative estimate of drug-likeness (QED) is 0.692. The van der Waals surface area contributed by atoms with Crippen LogP contribution in [-0.2, 0) is 6.42 Å². The van der Waals surface area contributed by atoms with E-state index in [1.807, 2.05) is 13.1 Å². The van der Waals surface area contributed by atoms with E-state index in [9.17, 15) is 4.79 Å². The molecule has 0 aliphatic rings. The fourth-order valence-electron chi connectivity index (χ4n) is 2.06. The SMILES string of the molecule is CCc1ccc(C(=O)CN(C)C(CC)CC)s1. The number of carbonyl (C=O) groups is 1. The molecule has 17 heavy (non-hydrogen) atoms. The second kappa shape index (κ2) is 6.92. The summed E-state index contributed by atoms with van der Waals surface area (Å²) in [6.07, 6.45) is 3.22. The zero-order chi connectivity index (χ0) is 12.8. The number of ketones is 1. The highest BCUT2D eigenvalue weighted by atomic mass is 32.1. The van der Waals surface area contributed by atoms with Crippen molar-refractivity contribution < 1.29 is 4.79 Å². The Morgan fingerprint density at radius 2 is 1.94 bits per heavy atom. The molecule has 0 saturated heterocycles. The standard InChI is InChI=1S/C14H23NOS/c1-5-11(6-2)15(4)10-13(16)14-9-8-12(7-3)17-14/h8-9,11H,5-7,10H2,1-4H3. The first-order chi connectivity index (χ1) is 8.12. The lowest BCUT2D eigenvalue weighted by atomic mass is 10.1. The first kappa shape index (κ1) is 14.4. The van der Waals surface area contributed by atoms with Crippen LogP contribution in [0.2, 0.25) is 0 Å². The van der Waals surface area contributed by atoms with Gasteiger partial charge in [-0.1, -0.05) is 20.8 Å². The molecule has 1 rings (SSSR count). The average Bonchev–Trinajstić information content (AvgIpc) is 2.79. The van der Waals surface area contributed by atoms with Gasteiger partial charge in [-0.25, -0.2) is 0 Å². The summed E-state index contributed by atoms with van der Waals surface area (Å²) in [7, 11) is 2.05. The summed E-state index contributed by atoms with van der Waals surface area (Å²) in [6.45, 7) is 7.01. The number of aryl methyl sites for hydroxylation is 1. The molecule has 1 heterocycles. The van der Waals surface area contributed by atoms with Crippen molar-refractivity contribution in [3.8, 4) is 0 Å². The normalized spacial score (nSPS) is 11.4. The number of rotatable bonds is 7. The van der Waals surface area contributed by atoms with Crippen molar-refractivity contribution in [2.75, 3.05) is 13.6 Å². The van der Waals surface area contributed by atoms with Gasteiger partial charge in [0.25, 0.3) is 0 Å². The van der Waals surface area contributed by atoms with Crippen molar-refractivity contribution in [2.24, 2.45) is 0 Å². The van der Waals surface area contributed by atoms with Gasteiger partial charge >= 0.3 is 0 Å². The van der Waals surface area contributed by atoms with Gasteiger partial charge in [0.05, 0.1) is 11.4 Å². The molecule has 0 aliphatic carbocycles. The predicted octanol–water partition coefficient (Wildman–Crippen LogP) is 3.61. The van der Waals surface area contributed by atoms with Gasteiger partial charge < -0.3 is 0 Å². The predicted molar refractivity (Wildman–Crippen MR) is 75.0 cm³/mol. The smallest absolute Gasteiger partial charge is 0.186 e. The van der Waals surface area contributed by atoms with Crippen LogP contribution in [0, 0.1) is 0 Å². The van der Waals surface area contributed by atoms with Crippen molar-refractivity contribution in [1.29, 1.82) is 0 Å². The van der Waals surface area contributed by atoms with Crippen LogP contribution in [0.4, 0.5) is 0 Å². The van der Waals surface area contributed by atoms with Gasteiger partial charge in [-0.2, -0.15) is 0 Å². The summed E-state index contributed by atoms with van der Waals surface area (Å²) in [5, 5.41) is 0. The summed E-state index contributed by atoms with van der Waals surface area (Å²) < 4.78 is 0. The average molecular weight is 253 g/mol. The molecule has 1 aromatic heterocycles. The van der Waals surface area contributed by atoms with Crippen LogP contribution >= 0.6 is 11.3 Å². The highest BCUT2D eigenvalue weighted by Crippen LogP contribution is 2.18. The Kier molecular flexibility index (Phi) is 5.86. The maximum Gasteiger partial charge on any atom is 0.186 e. The Labute approximate surface area is 109 Å². The van der Waals surface area contributed by atoms with E-state index in [1.54, 1.807) is 11.3 Å². The van der Waals surface area contributed by atoms with E-state index in [0.29, 0.717) is 12.6 Å². The topological polar surface area (TPSA) is 20.3 Å². The molecule has 0 saturated carbocycles. The summed E-state index contributed by atoms with van der Waals surface area (Å²) in [4.78, 5) is 16.5. The first-order valence-electron chi connectivity index (χ1n) is 6.44. The lowest BCUT2D eigenvalue weighted by Gasteiger charge is -2.24. The molecule has 0 atom stereocenters. The largest absolute Gasteiger partial charge is 0.296 e. The van der Waals surface area contributed by atoms with Crippen LogP contribution in [0.5, 0.6) is 0 Å². The minimum absolute atomic E-state index is 0.254. The van der Waals surface area contributed by atoms with E-state index >= 15 is 0 Å². The zero-order valence-corrected chi connectivity index (χ0v) is 12.1. The summed E-state index contributed by atoms with van der Waals surface area (Å²) in [6, 6.07) is 4.55. The molecule has 1 aromatic rings. The zero-order valence-electron chi connectivity index (χ0n) is 11.3. The van der Waals surface area contributed by atoms with Crippen molar-refractivity contribution in [1.82, 2.24) is 4.90 Å². The van der Waals surface area contributed by atoms with Gasteiger partial charge in [-0.3, -0.25) is 9.69 Å². The second-order valence-electron chi connectivity index (χ2n) is 4.43. The van der Waals surface area contributed by atoms with Crippen LogP contribution in [0.1, 0.15) is 48.2 Å². The van der Waals surface area contributed by atoms with Crippen LogP contribution in [0.15, 0.2) is 12.1 Å². The van der Waals surface area contributed by atoms with Gasteiger partial charge in [-0.05, 0) is 38.4 Å². The maximum atomic E-state index is 12.1. The van der Waals surface area contributed by atoms with Crippen molar-refractivity contribution >= 4 is 17.1 Å². The fraction of sp³-hybridized carbons (Fsp3) is 0.643. The van der Waals surface area contributed by atoms with Gasteiger partial charge in [0.2, 0.25) is 0 Å². The van der Waals surface area contributed by atoms with Crippen LogP contribution in [0.25, 0.3) is 0 Å². The van der Waals surface area contributed by atoms with Crippen LogP contribution < -0.4 is 0 Å². The molecule has 0 spiro atoms. The van der Waals surface area contributed by atoms with Gasteiger partial charge in [-0.15, -0.1) is 11.3 Å². The van der Waals surface area contributed by atoms with Crippen molar-refractivity contribution in [3.63, 3.8) is 0 Å². The summed E-state index contributed by atoms with van der Waals surface area (Å²) >= 11 is 1.63. The number of carbonyl (C=O) groups excluding carboxylic acids is 1. The number of hydrogen-bond donors (Lipinski definition) is 0. The summed E-state index contributed by atoms with van der Waals surface area (Å²) in [5.41, 5.74) is 0. The Morgan fingerprint density at radius 1 is 1.29 bits per heavy atom. The van der Waals surface area contributed by atoms with E-state index in [-0.39, 0.29) is 5.78 Å². The monoisotopic (exact) mass is 253 g/mol. The molecular weight excluding hydrogens is 230 g/mol. The molecule has 3 heteroatoms. The molecule has 0 radical (unpaired) electrons. The van der Waals surface area contributed by atoms with Crippen molar-refractivity contribution in [3.05, 3.63) is 21.9 Å². The maximum absolute atomic E-state index is 12.1. The molecular formula is C14H23NOS. The first-order valence-corrected chi connectivity index (χ1v) is 7.26. The van der Waals surface area contributed by atoms with E-state index in [2.05, 4.69) is 31.7 Å². The molecule has 96 valence electrons. The van der Waals surface area contributed by atoms with E-state index < -0.39 is 0 Å². The van der Waals surface area contributed by atoms with E-state index in [0.717, 1.165) is 24.1 Å². The third-order valence-corrected chi connectivity index (χ3v) is 4.51. The third kappa shape index (κ3) is 3.93. The molecule has 0 amide bonds. The van der Waals surface area contributed by atoms with Gasteiger partial charge in [0.1, 0.15) is 0 Å². The van der Waals surface area contributed by atoms with Crippen molar-refractivity contribution in [2.45, 2.75) is 46.1 Å². The number of nitrogens with zero attached hydrogens (tertiary/aromatic N) is 1. The highest BCUT2D eigenvalue weighted by molar-refractivity contribution is 7.14. The second-order valence-corrected chi connectivity index (χ2v) is 5.60. The van der Waals surface area contributed by atoms with E-state index in [4.69, 9.17) is 0 Å². The Hall–Kier alpha value is -0.670. The molecule has 0 bridgehead atoms. The molecule has 0 N–H and O–H groups in total. The summed E-state index contributed by atoms with van der Waals surface area (Å²) in [5.74, 6) is 0.254. The number of hydrogen-bond acceptors (Lipinski definition) is 3. The molecule has 0 aliphatic heterocycles. The molecule has 0 unspecified atom stereocenters. The van der Waals surface area contributed by atoms with Crippen LogP contribution in [-0.4, -0.2) is 30.3 Å². The number of thiophene rings is 1. The Balaban J connectivity index is 2.59. The Morgan fingerprint density at radius 3 is 2.41 bits per heavy atom. The third-order valence-electron chi connectivity index (χ3n) is 3.24. The minimum atomic E-state index is 0.254. The number of Topliss-reactive ketones (excluding diaryl/α,β-unsaturated/α-hetero) is 1. The minimum Gasteiger partial charge on any atom is -0.296 e.